The Morgan fingerprint density at radius 1 is 1.15 bits per heavy atom. The fraction of sp³-hybridized carbons (Fsp3) is 0.158. The number of nitrogens with zero attached hydrogens (tertiary/aromatic N) is 2. The third kappa shape index (κ3) is 3.40. The summed E-state index contributed by atoms with van der Waals surface area (Å²) in [6.07, 6.45) is -0.895. The van der Waals surface area contributed by atoms with Gasteiger partial charge < -0.3 is 14.3 Å². The average Bonchev–Trinajstić information content (AvgIpc) is 3.30. The number of rotatable bonds is 6. The van der Waals surface area contributed by atoms with Crippen LogP contribution in [0.5, 0.6) is 5.75 Å². The second kappa shape index (κ2) is 7.15. The Morgan fingerprint density at radius 3 is 2.85 bits per heavy atom. The summed E-state index contributed by atoms with van der Waals surface area (Å²) >= 11 is 1.43. The van der Waals surface area contributed by atoms with E-state index in [0.717, 1.165) is 20.3 Å². The molecule has 0 unspecified atom stereocenters. The topological polar surface area (TPSA) is 77.5 Å². The maximum atomic E-state index is 11.9. The van der Waals surface area contributed by atoms with Crippen molar-refractivity contribution in [1.29, 1.82) is 0 Å². The van der Waals surface area contributed by atoms with Gasteiger partial charge in [0, 0.05) is 5.39 Å². The molecular weight excluding hydrogens is 352 g/mol. The molecule has 2 aromatic heterocycles. The summed E-state index contributed by atoms with van der Waals surface area (Å²) in [5, 5.41) is 18.3. The van der Waals surface area contributed by atoms with Gasteiger partial charge in [0.15, 0.2) is 0 Å². The van der Waals surface area contributed by atoms with Gasteiger partial charge in [0.05, 0.1) is 11.4 Å². The van der Waals surface area contributed by atoms with E-state index in [-0.39, 0.29) is 19.0 Å². The lowest BCUT2D eigenvalue weighted by molar-refractivity contribution is 0.0882. The summed E-state index contributed by atoms with van der Waals surface area (Å²) in [6.45, 7) is 0.0418. The molecule has 0 spiro atoms. The molecule has 1 N–H and O–H groups in total. The fourth-order valence-corrected chi connectivity index (χ4v) is 3.33. The number of aliphatic hydroxyl groups excluding tert-OH is 1. The predicted molar refractivity (Wildman–Crippen MR) is 99.5 cm³/mol. The standard InChI is InChI=1S/C19H16N2O4S/c22-14(11-21-19(23)25-18(20-21)17-9-4-10-26-17)12-24-16-8-3-6-13-5-1-2-7-15(13)16/h1-10,14,22H,11-12H2/t14-/m0/s1. The van der Waals surface area contributed by atoms with Crippen molar-refractivity contribution in [1.82, 2.24) is 9.78 Å². The molecule has 1 atom stereocenters. The first-order valence-electron chi connectivity index (χ1n) is 8.11. The molecule has 0 saturated carbocycles. The smallest absolute Gasteiger partial charge is 0.437 e. The van der Waals surface area contributed by atoms with Gasteiger partial charge in [-0.05, 0) is 22.9 Å². The summed E-state index contributed by atoms with van der Waals surface area (Å²) in [7, 11) is 0. The van der Waals surface area contributed by atoms with E-state index in [1.807, 2.05) is 60.0 Å². The van der Waals surface area contributed by atoms with Crippen LogP contribution in [0.25, 0.3) is 21.5 Å². The molecule has 0 saturated heterocycles. The summed E-state index contributed by atoms with van der Waals surface area (Å²) in [5.41, 5.74) is 0. The molecule has 4 aromatic rings. The van der Waals surface area contributed by atoms with Crippen LogP contribution in [0.4, 0.5) is 0 Å². The van der Waals surface area contributed by atoms with E-state index in [1.54, 1.807) is 0 Å². The Morgan fingerprint density at radius 2 is 2.00 bits per heavy atom. The van der Waals surface area contributed by atoms with Crippen LogP contribution < -0.4 is 10.5 Å². The summed E-state index contributed by atoms with van der Waals surface area (Å²) < 4.78 is 12.0. The molecule has 0 aliphatic heterocycles. The second-order valence-corrected chi connectivity index (χ2v) is 6.72. The van der Waals surface area contributed by atoms with E-state index in [2.05, 4.69) is 5.10 Å². The maximum absolute atomic E-state index is 11.9. The minimum atomic E-state index is -0.895. The van der Waals surface area contributed by atoms with Gasteiger partial charge in [0.1, 0.15) is 18.5 Å². The Balaban J connectivity index is 1.44. The highest BCUT2D eigenvalue weighted by atomic mass is 32.1. The first-order chi connectivity index (χ1) is 12.7. The molecule has 132 valence electrons. The van der Waals surface area contributed by atoms with Gasteiger partial charge >= 0.3 is 5.76 Å². The summed E-state index contributed by atoms with van der Waals surface area (Å²) in [5.74, 6) is 0.346. The summed E-state index contributed by atoms with van der Waals surface area (Å²) in [4.78, 5) is 12.7. The van der Waals surface area contributed by atoms with Gasteiger partial charge in [-0.25, -0.2) is 4.79 Å². The average molecular weight is 368 g/mol. The Hall–Kier alpha value is -2.90. The predicted octanol–water partition coefficient (Wildman–Crippen LogP) is 3.16. The quantitative estimate of drug-likeness (QED) is 0.566. The molecule has 6 nitrogen and oxygen atoms in total. The van der Waals surface area contributed by atoms with Gasteiger partial charge in [-0.1, -0.05) is 42.5 Å². The third-order valence-electron chi connectivity index (χ3n) is 3.90. The Labute approximate surface area is 152 Å². The highest BCUT2D eigenvalue weighted by Gasteiger charge is 2.15. The number of fused-ring (bicyclic) bond motifs is 1. The molecule has 0 radical (unpaired) electrons. The highest BCUT2D eigenvalue weighted by Crippen LogP contribution is 2.25. The number of hydrogen-bond donors (Lipinski definition) is 1. The maximum Gasteiger partial charge on any atom is 0.437 e. The van der Waals surface area contributed by atoms with E-state index >= 15 is 0 Å². The van der Waals surface area contributed by atoms with Crippen LogP contribution in [-0.2, 0) is 6.54 Å². The zero-order chi connectivity index (χ0) is 17.9. The molecule has 2 heterocycles. The fourth-order valence-electron chi connectivity index (χ4n) is 2.68. The zero-order valence-electron chi connectivity index (χ0n) is 13.7. The largest absolute Gasteiger partial charge is 0.490 e. The molecule has 4 rings (SSSR count). The van der Waals surface area contributed by atoms with Gasteiger partial charge in [-0.2, -0.15) is 4.68 Å². The van der Waals surface area contributed by atoms with Gasteiger partial charge in [-0.15, -0.1) is 16.4 Å². The number of thiophene rings is 1. The lowest BCUT2D eigenvalue weighted by atomic mass is 10.1. The van der Waals surface area contributed by atoms with Crippen LogP contribution in [0, 0.1) is 0 Å². The molecule has 0 bridgehead atoms. The van der Waals surface area contributed by atoms with Crippen molar-refractivity contribution in [3.63, 3.8) is 0 Å². The number of aliphatic hydroxyl groups is 1. The van der Waals surface area contributed by atoms with Crippen LogP contribution >= 0.6 is 11.3 Å². The van der Waals surface area contributed by atoms with Crippen LogP contribution in [-0.4, -0.2) is 27.6 Å². The van der Waals surface area contributed by atoms with E-state index in [1.165, 1.54) is 11.3 Å². The number of hydrogen-bond acceptors (Lipinski definition) is 6. The van der Waals surface area contributed by atoms with Gasteiger partial charge in [0.25, 0.3) is 5.89 Å². The van der Waals surface area contributed by atoms with Crippen molar-refractivity contribution < 1.29 is 14.3 Å². The van der Waals surface area contributed by atoms with Crippen molar-refractivity contribution in [3.05, 3.63) is 70.5 Å². The van der Waals surface area contributed by atoms with Gasteiger partial charge in [0.2, 0.25) is 0 Å². The number of ether oxygens (including phenoxy) is 1. The molecule has 26 heavy (non-hydrogen) atoms. The molecule has 0 amide bonds. The van der Waals surface area contributed by atoms with Crippen LogP contribution in [0.2, 0.25) is 0 Å². The molecule has 7 heteroatoms. The van der Waals surface area contributed by atoms with Gasteiger partial charge in [-0.3, -0.25) is 0 Å². The number of aromatic nitrogens is 2. The molecule has 0 aliphatic rings. The first kappa shape index (κ1) is 16.6. The Kier molecular flexibility index (Phi) is 4.55. The normalized spacial score (nSPS) is 12.3. The lowest BCUT2D eigenvalue weighted by Gasteiger charge is -2.13. The lowest BCUT2D eigenvalue weighted by Crippen LogP contribution is -2.29. The van der Waals surface area contributed by atoms with Crippen LogP contribution in [0.15, 0.2) is 69.2 Å². The van der Waals surface area contributed by atoms with Crippen molar-refractivity contribution >= 4 is 22.1 Å². The van der Waals surface area contributed by atoms with Crippen molar-refractivity contribution in [2.75, 3.05) is 6.61 Å². The van der Waals surface area contributed by atoms with E-state index in [9.17, 15) is 9.90 Å². The Bertz CT molecular complexity index is 1060. The van der Waals surface area contributed by atoms with Crippen LogP contribution in [0.1, 0.15) is 0 Å². The first-order valence-corrected chi connectivity index (χ1v) is 8.99. The van der Waals surface area contributed by atoms with Crippen molar-refractivity contribution in [2.45, 2.75) is 12.6 Å². The van der Waals surface area contributed by atoms with E-state index in [4.69, 9.17) is 9.15 Å². The van der Waals surface area contributed by atoms with E-state index in [0.29, 0.717) is 5.75 Å². The molecule has 0 aliphatic carbocycles. The van der Waals surface area contributed by atoms with E-state index < -0.39 is 11.9 Å². The number of benzene rings is 2. The zero-order valence-corrected chi connectivity index (χ0v) is 14.6. The van der Waals surface area contributed by atoms with Crippen LogP contribution in [0.3, 0.4) is 0 Å². The monoisotopic (exact) mass is 368 g/mol. The summed E-state index contributed by atoms with van der Waals surface area (Å²) in [6, 6.07) is 17.3. The highest BCUT2D eigenvalue weighted by molar-refractivity contribution is 7.13. The van der Waals surface area contributed by atoms with Crippen molar-refractivity contribution in [2.24, 2.45) is 0 Å². The molecule has 2 aromatic carbocycles. The molecule has 0 fully saturated rings. The third-order valence-corrected chi connectivity index (χ3v) is 4.76. The second-order valence-electron chi connectivity index (χ2n) is 5.77. The minimum absolute atomic E-state index is 0.00151. The van der Waals surface area contributed by atoms with Crippen molar-refractivity contribution in [3.8, 4) is 16.5 Å². The minimum Gasteiger partial charge on any atom is -0.490 e. The molecular formula is C19H16N2O4S. The SMILES string of the molecule is O=c1oc(-c2cccs2)nn1C[C@H](O)COc1cccc2ccccc12.